The zero-order valence-electron chi connectivity index (χ0n) is 23.8. The van der Waals surface area contributed by atoms with Gasteiger partial charge in [0.1, 0.15) is 11.9 Å². The number of phosphoric acid groups is 1. The van der Waals surface area contributed by atoms with Gasteiger partial charge in [-0.1, -0.05) is 34.6 Å². The Morgan fingerprint density at radius 1 is 1.05 bits per heavy atom. The number of fused-ring (bicyclic) bond motifs is 2. The van der Waals surface area contributed by atoms with E-state index in [4.69, 9.17) is 9.26 Å². The van der Waals surface area contributed by atoms with Gasteiger partial charge in [-0.25, -0.2) is 19.1 Å². The van der Waals surface area contributed by atoms with Gasteiger partial charge in [0.2, 0.25) is 0 Å². The minimum Gasteiger partial charge on any atom is -0.445 e. The van der Waals surface area contributed by atoms with Gasteiger partial charge >= 0.3 is 13.9 Å². The van der Waals surface area contributed by atoms with Crippen molar-refractivity contribution in [2.75, 3.05) is 14.2 Å². The van der Waals surface area contributed by atoms with Crippen LogP contribution in [0.15, 0.2) is 24.3 Å². The summed E-state index contributed by atoms with van der Waals surface area (Å²) < 4.78 is 32.5. The summed E-state index contributed by atoms with van der Waals surface area (Å²) in [5.41, 5.74) is -0.568. The molecule has 0 aromatic heterocycles. The van der Waals surface area contributed by atoms with Crippen LogP contribution in [-0.2, 0) is 28.4 Å². The van der Waals surface area contributed by atoms with Crippen molar-refractivity contribution in [2.45, 2.75) is 78.9 Å². The van der Waals surface area contributed by atoms with E-state index >= 15 is 0 Å². The zero-order valence-corrected chi connectivity index (χ0v) is 24.7. The first-order valence-electron chi connectivity index (χ1n) is 13.4. The van der Waals surface area contributed by atoms with Crippen LogP contribution in [0.5, 0.6) is 5.75 Å². The molecule has 2 fully saturated rings. The van der Waals surface area contributed by atoms with Gasteiger partial charge in [-0.15, -0.1) is 9.35 Å². The van der Waals surface area contributed by atoms with Crippen molar-refractivity contribution in [3.05, 3.63) is 29.8 Å². The Morgan fingerprint density at radius 2 is 1.67 bits per heavy atom. The van der Waals surface area contributed by atoms with E-state index in [1.54, 1.807) is 0 Å². The minimum absolute atomic E-state index is 0.0430. The maximum absolute atomic E-state index is 13.0. The average molecular weight is 572 g/mol. The second-order valence-electron chi connectivity index (χ2n) is 11.4. The molecule has 2 aliphatic rings. The Balaban J connectivity index is 1.73. The third kappa shape index (κ3) is 7.01. The Kier molecular flexibility index (Phi) is 10.2. The molecule has 1 aromatic carbocycles. The highest BCUT2D eigenvalue weighted by Gasteiger charge is 2.53. The predicted octanol–water partition coefficient (Wildman–Crippen LogP) is 5.82. The lowest BCUT2D eigenvalue weighted by molar-refractivity contribution is -0.253. The smallest absolute Gasteiger partial charge is 0.445 e. The highest BCUT2D eigenvalue weighted by atomic mass is 31.2. The molecule has 220 valence electrons. The van der Waals surface area contributed by atoms with E-state index in [1.165, 1.54) is 24.3 Å². The summed E-state index contributed by atoms with van der Waals surface area (Å²) >= 11 is 0. The molecule has 3 unspecified atom stereocenters. The largest absolute Gasteiger partial charge is 0.585 e. The Labute approximate surface area is 230 Å². The van der Waals surface area contributed by atoms with Crippen molar-refractivity contribution < 1.29 is 47.6 Å². The lowest BCUT2D eigenvalue weighted by Gasteiger charge is -2.55. The molecule has 0 spiro atoms. The van der Waals surface area contributed by atoms with Crippen LogP contribution in [0.1, 0.15) is 77.1 Å². The average Bonchev–Trinajstić information content (AvgIpc) is 2.89. The second kappa shape index (κ2) is 12.7. The number of imide groups is 1. The molecule has 12 heteroatoms. The molecule has 2 aliphatic carbocycles. The van der Waals surface area contributed by atoms with Gasteiger partial charge in [-0.3, -0.25) is 10.1 Å². The van der Waals surface area contributed by atoms with Crippen molar-refractivity contribution in [2.24, 2.45) is 28.6 Å². The summed E-state index contributed by atoms with van der Waals surface area (Å²) in [5, 5.41) is 13.6. The van der Waals surface area contributed by atoms with E-state index < -0.39 is 37.4 Å². The molecule has 0 heterocycles. The first-order valence-corrected chi connectivity index (χ1v) is 14.8. The molecule has 0 saturated heterocycles. The number of amides is 2. The monoisotopic (exact) mass is 571 g/mol. The number of rotatable bonds is 9. The molecule has 1 aromatic rings. The topological polar surface area (TPSA) is 139 Å². The summed E-state index contributed by atoms with van der Waals surface area (Å²) in [6, 6.07) is 5.44. The van der Waals surface area contributed by atoms with E-state index in [2.05, 4.69) is 59.1 Å². The fourth-order valence-electron chi connectivity index (χ4n) is 6.10. The predicted molar refractivity (Wildman–Crippen MR) is 141 cm³/mol. The number of carbonyl (C=O) groups is 2. The van der Waals surface area contributed by atoms with Crippen molar-refractivity contribution in [3.63, 3.8) is 0 Å². The molecule has 0 aliphatic heterocycles. The maximum Gasteiger partial charge on any atom is 0.585 e. The van der Waals surface area contributed by atoms with E-state index in [9.17, 15) is 19.3 Å². The van der Waals surface area contributed by atoms with Crippen LogP contribution in [0.2, 0.25) is 0 Å². The highest BCUT2D eigenvalue weighted by Crippen LogP contribution is 2.55. The number of benzene rings is 1. The molecule has 2 saturated carbocycles. The number of nitrogens with one attached hydrogen (secondary N) is 1. The summed E-state index contributed by atoms with van der Waals surface area (Å²) in [6.45, 7) is 10.6. The molecule has 39 heavy (non-hydrogen) atoms. The molecular formula is C27H42NO10P. The van der Waals surface area contributed by atoms with Gasteiger partial charge in [0, 0.05) is 11.0 Å². The normalized spacial score (nSPS) is 33.0. The number of hydrogen-bond acceptors (Lipinski definition) is 10. The second-order valence-corrected chi connectivity index (χ2v) is 12.7. The third-order valence-electron chi connectivity index (χ3n) is 9.08. The van der Waals surface area contributed by atoms with Crippen LogP contribution in [0.3, 0.4) is 0 Å². The van der Waals surface area contributed by atoms with Gasteiger partial charge in [0.15, 0.2) is 0 Å². The van der Waals surface area contributed by atoms with Crippen LogP contribution < -0.4 is 9.84 Å². The number of carbonyl (C=O) groups excluding carboxylic acids is 2. The first-order chi connectivity index (χ1) is 18.3. The van der Waals surface area contributed by atoms with Gasteiger partial charge in [-0.05, 0) is 79.5 Å². The fraction of sp³-hybridized carbons (Fsp3) is 0.704. The van der Waals surface area contributed by atoms with E-state index in [1.807, 2.05) is 0 Å². The number of hydrogen-bond donors (Lipinski definition) is 2. The van der Waals surface area contributed by atoms with Crippen LogP contribution in [0.4, 0.5) is 4.79 Å². The lowest BCUT2D eigenvalue weighted by Crippen LogP contribution is -2.55. The molecule has 2 amide bonds. The molecule has 7 atom stereocenters. The molecule has 3 rings (SSSR count). The number of aliphatic hydroxyl groups excluding tert-OH is 1. The minimum atomic E-state index is -4.21. The molecular weight excluding hydrogens is 529 g/mol. The van der Waals surface area contributed by atoms with Crippen molar-refractivity contribution >= 4 is 19.8 Å². The quantitative estimate of drug-likeness (QED) is 0.212. The van der Waals surface area contributed by atoms with Crippen molar-refractivity contribution in [1.29, 1.82) is 0 Å². The fourth-order valence-corrected chi connectivity index (χ4v) is 6.94. The first kappa shape index (κ1) is 31.5. The van der Waals surface area contributed by atoms with Crippen LogP contribution in [-0.4, -0.2) is 43.5 Å². The Morgan fingerprint density at radius 3 is 2.23 bits per heavy atom. The standard InChI is InChI=1S/C27H42NO10P/c1-8-26(4)16-22(27(5)15-20(10-9-17(27)2)18(3)23(26)29)35-25(31)28-24(30)19-11-13-21(14-12-19)36-39(32,37-33-6)38-34-7/h11-14,17-18,20,22-23,29H,8-10,15-16H2,1-7H3,(H,28,30,31)/t17?,18-,20?,22-,23?,26-,27+/m1/s1. The van der Waals surface area contributed by atoms with Gasteiger partial charge in [0.05, 0.1) is 20.3 Å². The summed E-state index contributed by atoms with van der Waals surface area (Å²) in [5.74, 6) is 0.178. The molecule has 0 radical (unpaired) electrons. The third-order valence-corrected chi connectivity index (χ3v) is 10.2. The van der Waals surface area contributed by atoms with Gasteiger partial charge < -0.3 is 14.4 Å². The number of aliphatic hydroxyl groups is 1. The van der Waals surface area contributed by atoms with Crippen LogP contribution >= 0.6 is 7.82 Å². The van der Waals surface area contributed by atoms with Crippen molar-refractivity contribution in [3.8, 4) is 5.75 Å². The van der Waals surface area contributed by atoms with E-state index in [0.29, 0.717) is 18.3 Å². The van der Waals surface area contributed by atoms with Gasteiger partial charge in [-0.2, -0.15) is 0 Å². The molecule has 2 N–H and O–H groups in total. The maximum atomic E-state index is 13.0. The lowest BCUT2D eigenvalue weighted by atomic mass is 9.53. The van der Waals surface area contributed by atoms with Gasteiger partial charge in [0.25, 0.3) is 5.91 Å². The van der Waals surface area contributed by atoms with Crippen LogP contribution in [0.25, 0.3) is 0 Å². The molecule has 11 nitrogen and oxygen atoms in total. The molecule has 2 bridgehead atoms. The van der Waals surface area contributed by atoms with Crippen molar-refractivity contribution in [1.82, 2.24) is 5.32 Å². The summed E-state index contributed by atoms with van der Waals surface area (Å²) in [7, 11) is -1.96. The zero-order chi connectivity index (χ0) is 29.0. The Bertz CT molecular complexity index is 1040. The SMILES string of the molecule is CC[C@]1(C)C[C@@H](OC(=O)NC(=O)c2ccc(OP(=O)(OOC)OOC)cc2)[C@@]2(C)CC(CCC2C)[C@@H](C)C1O. The summed E-state index contributed by atoms with van der Waals surface area (Å²) in [4.78, 5) is 34.6. The number of alkyl carbamates (subject to hydrolysis) is 1. The van der Waals surface area contributed by atoms with E-state index in [0.717, 1.165) is 39.9 Å². The highest BCUT2D eigenvalue weighted by molar-refractivity contribution is 7.48. The Hall–Kier alpha value is -2.01. The number of ether oxygens (including phenoxy) is 1. The summed E-state index contributed by atoms with van der Waals surface area (Å²) in [6.07, 6.45) is 2.30. The van der Waals surface area contributed by atoms with E-state index in [-0.39, 0.29) is 22.6 Å². The van der Waals surface area contributed by atoms with Crippen LogP contribution in [0, 0.1) is 28.6 Å².